The molecular weight excluding hydrogens is 288 g/mol. The highest BCUT2D eigenvalue weighted by Gasteiger charge is 2.11. The van der Waals surface area contributed by atoms with Crippen LogP contribution in [0.4, 0.5) is 0 Å². The average Bonchev–Trinajstić information content (AvgIpc) is 2.58. The van der Waals surface area contributed by atoms with Gasteiger partial charge in [0.05, 0.1) is 0 Å². The van der Waals surface area contributed by atoms with Crippen molar-refractivity contribution < 1.29 is 0 Å². The summed E-state index contributed by atoms with van der Waals surface area (Å²) in [5.74, 6) is 0. The van der Waals surface area contributed by atoms with Crippen LogP contribution in [0.5, 0.6) is 0 Å². The Hall–Kier alpha value is -2.05. The van der Waals surface area contributed by atoms with Gasteiger partial charge in [-0.05, 0) is 52.1 Å². The van der Waals surface area contributed by atoms with Gasteiger partial charge in [0.2, 0.25) is 0 Å². The number of hydrogen-bond acceptors (Lipinski definition) is 0. The normalized spacial score (nSPS) is 13.0. The summed E-state index contributed by atoms with van der Waals surface area (Å²) in [7, 11) is 0. The Balaban J connectivity index is 2.43. The number of allylic oxidation sites excluding steroid dienone is 4. The van der Waals surface area contributed by atoms with E-state index in [0.717, 1.165) is 17.0 Å². The van der Waals surface area contributed by atoms with Gasteiger partial charge in [-0.2, -0.15) is 0 Å². The minimum absolute atomic E-state index is 0.808. The van der Waals surface area contributed by atoms with E-state index >= 15 is 0 Å². The summed E-state index contributed by atoms with van der Waals surface area (Å²) in [5.41, 5.74) is 2.33. The molecule has 0 aromatic heterocycles. The second-order valence-electron chi connectivity index (χ2n) is 5.35. The molecule has 3 aromatic carbocycles. The smallest absolute Gasteiger partial charge is 0.0438 e. The molecule has 0 atom stereocenters. The molecule has 0 N–H and O–H groups in total. The number of halogens is 1. The molecule has 0 nitrogen and oxygen atoms in total. The Morgan fingerprint density at radius 3 is 2.27 bits per heavy atom. The van der Waals surface area contributed by atoms with Crippen LogP contribution in [0.3, 0.4) is 0 Å². The van der Waals surface area contributed by atoms with E-state index in [9.17, 15) is 0 Å². The van der Waals surface area contributed by atoms with Crippen LogP contribution in [0.15, 0.2) is 71.8 Å². The first-order valence-corrected chi connectivity index (χ1v) is 8.07. The zero-order chi connectivity index (χ0) is 15.5. The van der Waals surface area contributed by atoms with E-state index in [2.05, 4.69) is 67.6 Å². The Bertz CT molecular complexity index is 885. The second kappa shape index (κ2) is 6.37. The summed E-state index contributed by atoms with van der Waals surface area (Å²) >= 11 is 6.49. The molecule has 0 fully saturated rings. The van der Waals surface area contributed by atoms with E-state index in [1.165, 1.54) is 27.1 Å². The molecule has 0 heterocycles. The maximum Gasteiger partial charge on any atom is 0.0438 e. The lowest BCUT2D eigenvalue weighted by atomic mass is 9.92. The molecule has 3 rings (SSSR count). The van der Waals surface area contributed by atoms with Crippen molar-refractivity contribution >= 4 is 38.7 Å². The fourth-order valence-electron chi connectivity index (χ4n) is 2.97. The highest BCUT2D eigenvalue weighted by molar-refractivity contribution is 6.37. The molecule has 110 valence electrons. The maximum atomic E-state index is 6.49. The summed E-state index contributed by atoms with van der Waals surface area (Å²) in [5, 5.41) is 5.87. The van der Waals surface area contributed by atoms with Crippen molar-refractivity contribution in [2.24, 2.45) is 0 Å². The van der Waals surface area contributed by atoms with Crippen LogP contribution in [0.1, 0.15) is 25.8 Å². The van der Waals surface area contributed by atoms with Crippen molar-refractivity contribution in [3.05, 3.63) is 77.3 Å². The first-order chi connectivity index (χ1) is 10.8. The Labute approximate surface area is 136 Å². The molecule has 0 unspecified atom stereocenters. The average molecular weight is 307 g/mol. The SMILES string of the molecule is C/C=C(Cl)\C(=C/CC)c1cc2ccccc2c2ccccc12. The lowest BCUT2D eigenvalue weighted by molar-refractivity contribution is 1.23. The minimum atomic E-state index is 0.808. The molecule has 0 aliphatic rings. The van der Waals surface area contributed by atoms with Crippen molar-refractivity contribution in [3.63, 3.8) is 0 Å². The number of benzene rings is 3. The highest BCUT2D eigenvalue weighted by atomic mass is 35.5. The molecule has 1 heteroatoms. The third-order valence-electron chi connectivity index (χ3n) is 3.98. The zero-order valence-electron chi connectivity index (χ0n) is 12.9. The van der Waals surface area contributed by atoms with Gasteiger partial charge in [-0.3, -0.25) is 0 Å². The van der Waals surface area contributed by atoms with Gasteiger partial charge in [0.1, 0.15) is 0 Å². The third-order valence-corrected chi connectivity index (χ3v) is 4.40. The molecule has 22 heavy (non-hydrogen) atoms. The predicted octanol–water partition coefficient (Wildman–Crippen LogP) is 6.93. The van der Waals surface area contributed by atoms with E-state index in [-0.39, 0.29) is 0 Å². The monoisotopic (exact) mass is 306 g/mol. The maximum absolute atomic E-state index is 6.49. The van der Waals surface area contributed by atoms with E-state index in [1.54, 1.807) is 0 Å². The Kier molecular flexibility index (Phi) is 4.31. The van der Waals surface area contributed by atoms with Crippen molar-refractivity contribution in [2.75, 3.05) is 0 Å². The molecule has 0 spiro atoms. The van der Waals surface area contributed by atoms with Gasteiger partial charge in [0, 0.05) is 5.03 Å². The van der Waals surface area contributed by atoms with Crippen molar-refractivity contribution in [1.82, 2.24) is 0 Å². The second-order valence-corrected chi connectivity index (χ2v) is 5.76. The largest absolute Gasteiger partial charge is 0.0840 e. The van der Waals surface area contributed by atoms with E-state index in [0.29, 0.717) is 0 Å². The summed E-state index contributed by atoms with van der Waals surface area (Å²) in [4.78, 5) is 0. The van der Waals surface area contributed by atoms with Gasteiger partial charge in [-0.1, -0.05) is 79.2 Å². The fraction of sp³-hybridized carbons (Fsp3) is 0.143. The number of rotatable bonds is 3. The molecular formula is C21H19Cl. The fourth-order valence-corrected chi connectivity index (χ4v) is 3.15. The minimum Gasteiger partial charge on any atom is -0.0840 e. The van der Waals surface area contributed by atoms with Crippen molar-refractivity contribution in [2.45, 2.75) is 20.3 Å². The summed E-state index contributed by atoms with van der Waals surface area (Å²) < 4.78 is 0. The van der Waals surface area contributed by atoms with E-state index < -0.39 is 0 Å². The van der Waals surface area contributed by atoms with Crippen molar-refractivity contribution in [1.29, 1.82) is 0 Å². The van der Waals surface area contributed by atoms with Crippen LogP contribution in [-0.4, -0.2) is 0 Å². The Morgan fingerprint density at radius 2 is 1.59 bits per heavy atom. The molecule has 0 saturated carbocycles. The molecule has 3 aromatic rings. The number of hydrogen-bond donors (Lipinski definition) is 0. The van der Waals surface area contributed by atoms with Gasteiger partial charge >= 0.3 is 0 Å². The first-order valence-electron chi connectivity index (χ1n) is 7.69. The molecule has 0 aliphatic carbocycles. The highest BCUT2D eigenvalue weighted by Crippen LogP contribution is 2.36. The topological polar surface area (TPSA) is 0 Å². The van der Waals surface area contributed by atoms with Gasteiger partial charge in [-0.15, -0.1) is 0 Å². The molecule has 0 bridgehead atoms. The molecule has 0 radical (unpaired) electrons. The summed E-state index contributed by atoms with van der Waals surface area (Å²) in [6, 6.07) is 19.3. The standard InChI is InChI=1S/C21H19Cl/c1-3-9-19(21(22)4-2)20-14-15-10-5-6-11-16(15)17-12-7-8-13-18(17)20/h4-14H,3H2,1-2H3/b19-9-,21-4+. The van der Waals surface area contributed by atoms with Crippen LogP contribution >= 0.6 is 11.6 Å². The van der Waals surface area contributed by atoms with Crippen molar-refractivity contribution in [3.8, 4) is 0 Å². The molecule has 0 amide bonds. The molecule has 0 aliphatic heterocycles. The van der Waals surface area contributed by atoms with Crippen LogP contribution in [-0.2, 0) is 0 Å². The summed E-state index contributed by atoms with van der Waals surface area (Å²) in [6.07, 6.45) is 5.13. The third kappa shape index (κ3) is 2.55. The van der Waals surface area contributed by atoms with Crippen LogP contribution < -0.4 is 0 Å². The van der Waals surface area contributed by atoms with Gasteiger partial charge < -0.3 is 0 Å². The molecule has 0 saturated heterocycles. The first kappa shape index (κ1) is 14.9. The number of fused-ring (bicyclic) bond motifs is 3. The van der Waals surface area contributed by atoms with Gasteiger partial charge in [-0.25, -0.2) is 0 Å². The summed E-state index contributed by atoms with van der Waals surface area (Å²) in [6.45, 7) is 4.12. The lowest BCUT2D eigenvalue weighted by Gasteiger charge is -2.13. The van der Waals surface area contributed by atoms with Crippen LogP contribution in [0.2, 0.25) is 0 Å². The quantitative estimate of drug-likeness (QED) is 0.363. The zero-order valence-corrected chi connectivity index (χ0v) is 13.7. The van der Waals surface area contributed by atoms with E-state index in [1.807, 2.05) is 13.0 Å². The Morgan fingerprint density at radius 1 is 0.955 bits per heavy atom. The van der Waals surface area contributed by atoms with Gasteiger partial charge in [0.25, 0.3) is 0 Å². The lowest BCUT2D eigenvalue weighted by Crippen LogP contribution is -1.90. The van der Waals surface area contributed by atoms with Gasteiger partial charge in [0.15, 0.2) is 0 Å². The van der Waals surface area contributed by atoms with E-state index in [4.69, 9.17) is 11.6 Å². The predicted molar refractivity (Wildman–Crippen MR) is 99.3 cm³/mol. The van der Waals surface area contributed by atoms with Crippen LogP contribution in [0, 0.1) is 0 Å². The van der Waals surface area contributed by atoms with Crippen LogP contribution in [0.25, 0.3) is 27.1 Å².